The van der Waals surface area contributed by atoms with Gasteiger partial charge in [-0.25, -0.2) is 14.2 Å². The zero-order chi connectivity index (χ0) is 20.2. The van der Waals surface area contributed by atoms with Crippen molar-refractivity contribution in [3.63, 3.8) is 0 Å². The maximum Gasteiger partial charge on any atom is 0.325 e. The number of carbonyl (C=O) groups excluding carboxylic acids is 1. The van der Waals surface area contributed by atoms with Crippen LogP contribution in [0.25, 0.3) is 11.0 Å². The molecule has 0 saturated carbocycles. The summed E-state index contributed by atoms with van der Waals surface area (Å²) in [5.41, 5.74) is 1.83. The number of thioether (sulfide) groups is 1. The summed E-state index contributed by atoms with van der Waals surface area (Å²) in [5, 5.41) is 13.2. The molecule has 0 unspecified atom stereocenters. The standard InChI is InChI=1S/C18H13FN6O2S2/c19-10-4-3-5-11(8-10)20-16(27)23-17-24-25-18(29-17)28-9-14-15(26)22-13-7-2-1-6-12(13)21-14/h1-8H,9H2,(H,22,26)(H2,20,23,24,27). The minimum atomic E-state index is -0.559. The summed E-state index contributed by atoms with van der Waals surface area (Å²) in [4.78, 5) is 31.3. The SMILES string of the molecule is O=C(Nc1cccc(F)c1)Nc1nnc(SCc2nc3ccccc3[nH]c2=O)s1. The van der Waals surface area contributed by atoms with E-state index in [-0.39, 0.29) is 10.7 Å². The molecule has 2 aromatic carbocycles. The summed E-state index contributed by atoms with van der Waals surface area (Å²) in [5.74, 6) is -0.140. The van der Waals surface area contributed by atoms with Gasteiger partial charge in [-0.05, 0) is 30.3 Å². The van der Waals surface area contributed by atoms with Crippen LogP contribution in [0, 0.1) is 5.82 Å². The predicted molar refractivity (Wildman–Crippen MR) is 111 cm³/mol. The van der Waals surface area contributed by atoms with Crippen molar-refractivity contribution in [2.24, 2.45) is 0 Å². The fraction of sp³-hybridized carbons (Fsp3) is 0.0556. The van der Waals surface area contributed by atoms with Crippen LogP contribution in [0.5, 0.6) is 0 Å². The lowest BCUT2D eigenvalue weighted by Gasteiger charge is -2.04. The first kappa shape index (κ1) is 19.0. The zero-order valence-corrected chi connectivity index (χ0v) is 16.3. The Morgan fingerprint density at radius 2 is 2.00 bits per heavy atom. The third kappa shape index (κ3) is 4.76. The number of para-hydroxylation sites is 2. The Labute approximate surface area is 171 Å². The molecule has 11 heteroatoms. The van der Waals surface area contributed by atoms with Crippen LogP contribution >= 0.6 is 23.1 Å². The number of aromatic nitrogens is 4. The van der Waals surface area contributed by atoms with Gasteiger partial charge in [-0.1, -0.05) is 41.3 Å². The second kappa shape index (κ2) is 8.37. The molecule has 0 aliphatic rings. The van der Waals surface area contributed by atoms with E-state index in [1.165, 1.54) is 30.0 Å². The molecular formula is C18H13FN6O2S2. The molecule has 0 aliphatic heterocycles. The lowest BCUT2D eigenvalue weighted by atomic mass is 10.3. The van der Waals surface area contributed by atoms with Crippen LogP contribution in [0.4, 0.5) is 20.0 Å². The van der Waals surface area contributed by atoms with E-state index in [0.717, 1.165) is 11.3 Å². The van der Waals surface area contributed by atoms with Gasteiger partial charge in [0.2, 0.25) is 5.13 Å². The number of nitrogens with zero attached hydrogens (tertiary/aromatic N) is 3. The molecule has 2 aromatic heterocycles. The molecule has 0 radical (unpaired) electrons. The van der Waals surface area contributed by atoms with E-state index in [2.05, 4.69) is 30.8 Å². The van der Waals surface area contributed by atoms with Crippen molar-refractivity contribution < 1.29 is 9.18 Å². The van der Waals surface area contributed by atoms with E-state index in [0.29, 0.717) is 32.5 Å². The predicted octanol–water partition coefficient (Wildman–Crippen LogP) is 3.85. The summed E-state index contributed by atoms with van der Waals surface area (Å²) in [6, 6.07) is 12.3. The van der Waals surface area contributed by atoms with Crippen molar-refractivity contribution in [1.29, 1.82) is 0 Å². The molecule has 4 rings (SSSR count). The van der Waals surface area contributed by atoms with Gasteiger partial charge in [0, 0.05) is 11.4 Å². The monoisotopic (exact) mass is 428 g/mol. The van der Waals surface area contributed by atoms with Gasteiger partial charge in [-0.3, -0.25) is 10.1 Å². The third-order valence-electron chi connectivity index (χ3n) is 3.71. The molecule has 2 heterocycles. The normalized spacial score (nSPS) is 10.8. The number of nitrogens with one attached hydrogen (secondary N) is 3. The van der Waals surface area contributed by atoms with Gasteiger partial charge in [0.25, 0.3) is 5.56 Å². The molecular weight excluding hydrogens is 415 g/mol. The lowest BCUT2D eigenvalue weighted by Crippen LogP contribution is -2.19. The van der Waals surface area contributed by atoms with Gasteiger partial charge >= 0.3 is 6.03 Å². The highest BCUT2D eigenvalue weighted by Crippen LogP contribution is 2.27. The van der Waals surface area contributed by atoms with E-state index in [9.17, 15) is 14.0 Å². The van der Waals surface area contributed by atoms with Crippen molar-refractivity contribution in [3.05, 3.63) is 70.4 Å². The van der Waals surface area contributed by atoms with Gasteiger partial charge in [-0.2, -0.15) is 0 Å². The highest BCUT2D eigenvalue weighted by Gasteiger charge is 2.11. The zero-order valence-electron chi connectivity index (χ0n) is 14.7. The molecule has 0 bridgehead atoms. The maximum atomic E-state index is 13.2. The molecule has 0 spiro atoms. The van der Waals surface area contributed by atoms with Crippen molar-refractivity contribution in [3.8, 4) is 0 Å². The van der Waals surface area contributed by atoms with Gasteiger partial charge in [0.15, 0.2) is 4.34 Å². The summed E-state index contributed by atoms with van der Waals surface area (Å²) in [7, 11) is 0. The van der Waals surface area contributed by atoms with Crippen LogP contribution in [-0.4, -0.2) is 26.2 Å². The Balaban J connectivity index is 1.37. The minimum Gasteiger partial charge on any atom is -0.319 e. The quantitative estimate of drug-likeness (QED) is 0.329. The summed E-state index contributed by atoms with van der Waals surface area (Å²) >= 11 is 2.45. The number of halogens is 1. The molecule has 29 heavy (non-hydrogen) atoms. The minimum absolute atomic E-state index is 0.256. The van der Waals surface area contributed by atoms with Gasteiger partial charge < -0.3 is 10.3 Å². The third-order valence-corrected chi connectivity index (χ3v) is 5.69. The van der Waals surface area contributed by atoms with Crippen molar-refractivity contribution in [2.45, 2.75) is 10.1 Å². The molecule has 0 atom stereocenters. The van der Waals surface area contributed by atoms with E-state index in [1.807, 2.05) is 18.2 Å². The number of urea groups is 1. The van der Waals surface area contributed by atoms with Gasteiger partial charge in [0.1, 0.15) is 11.5 Å². The molecule has 8 nitrogen and oxygen atoms in total. The topological polar surface area (TPSA) is 113 Å². The van der Waals surface area contributed by atoms with Crippen LogP contribution in [-0.2, 0) is 5.75 Å². The van der Waals surface area contributed by atoms with E-state index >= 15 is 0 Å². The lowest BCUT2D eigenvalue weighted by molar-refractivity contribution is 0.262. The Morgan fingerprint density at radius 3 is 2.86 bits per heavy atom. The molecule has 0 fully saturated rings. The Bertz CT molecular complexity index is 1240. The van der Waals surface area contributed by atoms with Crippen LogP contribution in [0.15, 0.2) is 57.7 Å². The molecule has 146 valence electrons. The largest absolute Gasteiger partial charge is 0.325 e. The van der Waals surface area contributed by atoms with Crippen LogP contribution in [0.1, 0.15) is 5.69 Å². The average Bonchev–Trinajstić information content (AvgIpc) is 3.13. The first-order chi connectivity index (χ1) is 14.1. The van der Waals surface area contributed by atoms with Crippen LogP contribution in [0.3, 0.4) is 0 Å². The number of hydrogen-bond donors (Lipinski definition) is 3. The summed E-state index contributed by atoms with van der Waals surface area (Å²) in [6.07, 6.45) is 0. The fourth-order valence-electron chi connectivity index (χ4n) is 2.44. The number of amides is 2. The van der Waals surface area contributed by atoms with Crippen molar-refractivity contribution in [1.82, 2.24) is 20.2 Å². The second-order valence-electron chi connectivity index (χ2n) is 5.78. The highest BCUT2D eigenvalue weighted by atomic mass is 32.2. The summed E-state index contributed by atoms with van der Waals surface area (Å²) in [6.45, 7) is 0. The maximum absolute atomic E-state index is 13.2. The van der Waals surface area contributed by atoms with Gasteiger partial charge in [0.05, 0.1) is 11.0 Å². The average molecular weight is 428 g/mol. The number of hydrogen-bond acceptors (Lipinski definition) is 7. The number of aromatic amines is 1. The smallest absolute Gasteiger partial charge is 0.319 e. The number of anilines is 2. The number of fused-ring (bicyclic) bond motifs is 1. The molecule has 3 N–H and O–H groups in total. The van der Waals surface area contributed by atoms with Gasteiger partial charge in [-0.15, -0.1) is 10.2 Å². The van der Waals surface area contributed by atoms with Crippen molar-refractivity contribution in [2.75, 3.05) is 10.6 Å². The Kier molecular flexibility index (Phi) is 5.49. The first-order valence-corrected chi connectivity index (χ1v) is 10.1. The Morgan fingerprint density at radius 1 is 1.14 bits per heavy atom. The molecule has 4 aromatic rings. The van der Waals surface area contributed by atoms with Crippen LogP contribution in [0.2, 0.25) is 0 Å². The Hall–Kier alpha value is -3.31. The number of H-pyrrole nitrogens is 1. The second-order valence-corrected chi connectivity index (χ2v) is 7.98. The first-order valence-electron chi connectivity index (χ1n) is 8.34. The molecule has 2 amide bonds. The highest BCUT2D eigenvalue weighted by molar-refractivity contribution is 8.00. The summed E-state index contributed by atoms with van der Waals surface area (Å²) < 4.78 is 13.7. The van der Waals surface area contributed by atoms with E-state index < -0.39 is 11.8 Å². The van der Waals surface area contributed by atoms with E-state index in [1.54, 1.807) is 12.1 Å². The fourth-order valence-corrected chi connectivity index (χ4v) is 4.12. The molecule has 0 saturated heterocycles. The van der Waals surface area contributed by atoms with Crippen LogP contribution < -0.4 is 16.2 Å². The molecule has 0 aliphatic carbocycles. The number of carbonyl (C=O) groups is 1. The van der Waals surface area contributed by atoms with E-state index in [4.69, 9.17) is 0 Å². The number of benzene rings is 2. The number of rotatable bonds is 5. The van der Waals surface area contributed by atoms with Crippen molar-refractivity contribution >= 4 is 51.0 Å².